The number of benzene rings is 2. The summed E-state index contributed by atoms with van der Waals surface area (Å²) in [6, 6.07) is 9.45. The monoisotopic (exact) mass is 347 g/mol. The molecule has 0 aromatic heterocycles. The molecule has 1 atom stereocenters. The second kappa shape index (κ2) is 6.88. The van der Waals surface area contributed by atoms with E-state index in [1.807, 2.05) is 0 Å². The quantitative estimate of drug-likeness (QED) is 0.647. The van der Waals surface area contributed by atoms with E-state index in [0.717, 1.165) is 16.2 Å². The minimum atomic E-state index is -0.527. The Labute approximate surface area is 141 Å². The van der Waals surface area contributed by atoms with E-state index in [4.69, 9.17) is 0 Å². The molecule has 0 aliphatic carbocycles. The number of nitro groups is 1. The normalized spacial score (nSPS) is 16.1. The van der Waals surface area contributed by atoms with Gasteiger partial charge in [-0.15, -0.1) is 11.8 Å². The summed E-state index contributed by atoms with van der Waals surface area (Å²) < 4.78 is 13.5. The first kappa shape index (κ1) is 16.3. The number of anilines is 1. The van der Waals surface area contributed by atoms with Crippen molar-refractivity contribution >= 4 is 29.2 Å². The van der Waals surface area contributed by atoms with Crippen molar-refractivity contribution < 1.29 is 14.1 Å². The molecular weight excluding hydrogens is 333 g/mol. The summed E-state index contributed by atoms with van der Waals surface area (Å²) >= 11 is 1.62. The van der Waals surface area contributed by atoms with Gasteiger partial charge in [0.15, 0.2) is 0 Å². The molecule has 1 heterocycles. The maximum absolute atomic E-state index is 13.5. The molecule has 0 radical (unpaired) electrons. The van der Waals surface area contributed by atoms with Crippen molar-refractivity contribution in [1.82, 2.24) is 5.32 Å². The van der Waals surface area contributed by atoms with Crippen molar-refractivity contribution in [2.24, 2.45) is 0 Å². The first-order valence-corrected chi connectivity index (χ1v) is 8.26. The van der Waals surface area contributed by atoms with Gasteiger partial charge in [-0.05, 0) is 36.2 Å². The third-order valence-electron chi connectivity index (χ3n) is 3.63. The van der Waals surface area contributed by atoms with Crippen molar-refractivity contribution in [2.45, 2.75) is 17.4 Å². The van der Waals surface area contributed by atoms with Gasteiger partial charge in [0.25, 0.3) is 5.69 Å². The molecule has 6 nitrogen and oxygen atoms in total. The highest BCUT2D eigenvalue weighted by molar-refractivity contribution is 7.99. The molecule has 2 N–H and O–H groups in total. The van der Waals surface area contributed by atoms with Gasteiger partial charge in [-0.2, -0.15) is 0 Å². The van der Waals surface area contributed by atoms with Gasteiger partial charge in [0.05, 0.1) is 11.0 Å². The minimum absolute atomic E-state index is 0.103. The average Bonchev–Trinajstić information content (AvgIpc) is 2.55. The Hall–Kier alpha value is -2.61. The van der Waals surface area contributed by atoms with Crippen molar-refractivity contribution in [2.75, 3.05) is 11.1 Å². The van der Waals surface area contributed by atoms with Gasteiger partial charge < -0.3 is 10.6 Å². The Morgan fingerprint density at radius 3 is 2.92 bits per heavy atom. The predicted molar refractivity (Wildman–Crippen MR) is 89.7 cm³/mol. The van der Waals surface area contributed by atoms with Crippen LogP contribution in [0.4, 0.5) is 20.6 Å². The number of carbonyl (C=O) groups excluding carboxylic acids is 1. The lowest BCUT2D eigenvalue weighted by Crippen LogP contribution is -2.34. The Morgan fingerprint density at radius 1 is 1.29 bits per heavy atom. The maximum atomic E-state index is 13.5. The van der Waals surface area contributed by atoms with Crippen LogP contribution >= 0.6 is 11.8 Å². The van der Waals surface area contributed by atoms with E-state index in [1.165, 1.54) is 30.3 Å². The summed E-state index contributed by atoms with van der Waals surface area (Å²) in [5, 5.41) is 16.1. The van der Waals surface area contributed by atoms with Gasteiger partial charge in [-0.25, -0.2) is 9.18 Å². The van der Waals surface area contributed by atoms with E-state index >= 15 is 0 Å². The lowest BCUT2D eigenvalue weighted by atomic mass is 10.0. The smallest absolute Gasteiger partial charge is 0.319 e. The number of thioether (sulfide) groups is 1. The van der Waals surface area contributed by atoms with Gasteiger partial charge in [0, 0.05) is 28.5 Å². The highest BCUT2D eigenvalue weighted by Gasteiger charge is 2.23. The van der Waals surface area contributed by atoms with Crippen molar-refractivity contribution in [3.63, 3.8) is 0 Å². The number of urea groups is 1. The van der Waals surface area contributed by atoms with Crippen LogP contribution in [0.3, 0.4) is 0 Å². The van der Waals surface area contributed by atoms with Crippen LogP contribution in [0.2, 0.25) is 0 Å². The lowest BCUT2D eigenvalue weighted by molar-refractivity contribution is -0.384. The number of rotatable bonds is 3. The van der Waals surface area contributed by atoms with Crippen LogP contribution in [0.15, 0.2) is 47.4 Å². The van der Waals surface area contributed by atoms with E-state index in [0.29, 0.717) is 12.1 Å². The molecule has 24 heavy (non-hydrogen) atoms. The molecule has 0 unspecified atom stereocenters. The van der Waals surface area contributed by atoms with Gasteiger partial charge in [0.2, 0.25) is 0 Å². The topological polar surface area (TPSA) is 84.3 Å². The van der Waals surface area contributed by atoms with Gasteiger partial charge in [-0.1, -0.05) is 6.07 Å². The fourth-order valence-electron chi connectivity index (χ4n) is 2.54. The zero-order chi connectivity index (χ0) is 17.1. The van der Waals surface area contributed by atoms with Gasteiger partial charge in [-0.3, -0.25) is 10.1 Å². The van der Waals surface area contributed by atoms with Crippen molar-refractivity contribution in [1.29, 1.82) is 0 Å². The number of nitrogens with one attached hydrogen (secondary N) is 2. The molecule has 0 fully saturated rings. The number of nitrogens with zero attached hydrogens (tertiary/aromatic N) is 1. The zero-order valence-electron chi connectivity index (χ0n) is 12.5. The second-order valence-corrected chi connectivity index (χ2v) is 6.41. The van der Waals surface area contributed by atoms with E-state index in [9.17, 15) is 19.3 Å². The van der Waals surface area contributed by atoms with Crippen LogP contribution in [0.1, 0.15) is 18.0 Å². The zero-order valence-corrected chi connectivity index (χ0v) is 13.3. The fraction of sp³-hybridized carbons (Fsp3) is 0.188. The first-order chi connectivity index (χ1) is 11.5. The van der Waals surface area contributed by atoms with E-state index in [2.05, 4.69) is 10.6 Å². The maximum Gasteiger partial charge on any atom is 0.319 e. The molecular formula is C16H14FN3O3S. The molecule has 0 spiro atoms. The van der Waals surface area contributed by atoms with Crippen LogP contribution in [0.25, 0.3) is 0 Å². The third-order valence-corrected chi connectivity index (χ3v) is 4.75. The molecule has 1 aliphatic rings. The number of hydrogen-bond donors (Lipinski definition) is 2. The van der Waals surface area contributed by atoms with Crippen LogP contribution in [0, 0.1) is 15.9 Å². The largest absolute Gasteiger partial charge is 0.331 e. The Balaban J connectivity index is 1.71. The first-order valence-electron chi connectivity index (χ1n) is 7.27. The van der Waals surface area contributed by atoms with Gasteiger partial charge in [0.1, 0.15) is 5.82 Å². The molecule has 124 valence electrons. The van der Waals surface area contributed by atoms with E-state index in [-0.39, 0.29) is 17.5 Å². The number of amides is 2. The summed E-state index contributed by atoms with van der Waals surface area (Å²) in [7, 11) is 0. The van der Waals surface area contributed by atoms with E-state index < -0.39 is 11.0 Å². The second-order valence-electron chi connectivity index (χ2n) is 5.28. The van der Waals surface area contributed by atoms with Crippen molar-refractivity contribution in [3.05, 3.63) is 64.0 Å². The number of carbonyl (C=O) groups is 1. The Kier molecular flexibility index (Phi) is 4.66. The van der Waals surface area contributed by atoms with Crippen LogP contribution in [0.5, 0.6) is 0 Å². The summed E-state index contributed by atoms with van der Waals surface area (Å²) in [5.41, 5.74) is 0.973. The summed E-state index contributed by atoms with van der Waals surface area (Å²) in [6.45, 7) is 0. The summed E-state index contributed by atoms with van der Waals surface area (Å²) in [6.07, 6.45) is 0.684. The van der Waals surface area contributed by atoms with Crippen LogP contribution < -0.4 is 10.6 Å². The highest BCUT2D eigenvalue weighted by Crippen LogP contribution is 2.36. The number of hydrogen-bond acceptors (Lipinski definition) is 4. The molecule has 2 amide bonds. The number of non-ortho nitro benzene ring substituents is 1. The molecule has 0 saturated heterocycles. The summed E-state index contributed by atoms with van der Waals surface area (Å²) in [5.74, 6) is 0.475. The minimum Gasteiger partial charge on any atom is -0.331 e. The fourth-order valence-corrected chi connectivity index (χ4v) is 3.64. The van der Waals surface area contributed by atoms with Gasteiger partial charge >= 0.3 is 6.03 Å². The molecule has 8 heteroatoms. The Morgan fingerprint density at radius 2 is 2.12 bits per heavy atom. The molecule has 2 aromatic rings. The number of nitro benzene ring substituents is 1. The average molecular weight is 347 g/mol. The highest BCUT2D eigenvalue weighted by atomic mass is 32.2. The molecule has 0 bridgehead atoms. The number of halogens is 1. The lowest BCUT2D eigenvalue weighted by Gasteiger charge is -2.26. The summed E-state index contributed by atoms with van der Waals surface area (Å²) in [4.78, 5) is 23.3. The molecule has 1 aliphatic heterocycles. The predicted octanol–water partition coefficient (Wildman–Crippen LogP) is 4.09. The molecule has 3 rings (SSSR count). The van der Waals surface area contributed by atoms with Crippen LogP contribution in [-0.2, 0) is 0 Å². The molecule has 2 aromatic carbocycles. The standard InChI is InChI=1S/C16H14FN3O3S/c17-10-4-5-15-13(8-10)14(6-7-24-15)19-16(21)18-11-2-1-3-12(9-11)20(22)23/h1-5,8-9,14H,6-7H2,(H2,18,19,21)/t14-/m0/s1. The molecule has 0 saturated carbocycles. The Bertz CT molecular complexity index is 800. The van der Waals surface area contributed by atoms with Crippen LogP contribution in [-0.4, -0.2) is 16.7 Å². The van der Waals surface area contributed by atoms with Crippen molar-refractivity contribution in [3.8, 4) is 0 Å². The number of fused-ring (bicyclic) bond motifs is 1. The third kappa shape index (κ3) is 3.65. The van der Waals surface area contributed by atoms with E-state index in [1.54, 1.807) is 23.9 Å². The SMILES string of the molecule is O=C(Nc1cccc([N+](=O)[O-])c1)N[C@H]1CCSc2ccc(F)cc21.